The van der Waals surface area contributed by atoms with Gasteiger partial charge in [0.2, 0.25) is 0 Å². The molecule has 0 heterocycles. The first-order chi connectivity index (χ1) is 8.74. The first-order valence-corrected chi connectivity index (χ1v) is 6.23. The highest BCUT2D eigenvalue weighted by Gasteiger charge is 2.18. The smallest absolute Gasteiger partial charge is 0.160 e. The third-order valence-electron chi connectivity index (χ3n) is 3.52. The number of nitrogens with one attached hydrogen (secondary N) is 1. The summed E-state index contributed by atoms with van der Waals surface area (Å²) in [5, 5.41) is 5.82. The first kappa shape index (κ1) is 11.0. The van der Waals surface area contributed by atoms with Gasteiger partial charge in [0.05, 0.1) is 0 Å². The maximum Gasteiger partial charge on any atom is 0.160 e. The van der Waals surface area contributed by atoms with Crippen LogP contribution in [0.15, 0.2) is 53.7 Å². The summed E-state index contributed by atoms with van der Waals surface area (Å²) < 4.78 is 0. The summed E-state index contributed by atoms with van der Waals surface area (Å²) in [4.78, 5) is 11.5. The predicted octanol–water partition coefficient (Wildman–Crippen LogP) is 3.89. The molecule has 0 bridgehead atoms. The highest BCUT2D eigenvalue weighted by molar-refractivity contribution is 5.99. The SMILES string of the molecule is CC1=C(Nc2ccc3ccccc3c2)CCC1=O. The van der Waals surface area contributed by atoms with Crippen molar-refractivity contribution in [2.75, 3.05) is 5.32 Å². The van der Waals surface area contributed by atoms with Crippen molar-refractivity contribution in [1.29, 1.82) is 0 Å². The molecule has 2 aromatic carbocycles. The molecule has 0 spiro atoms. The second kappa shape index (κ2) is 4.30. The van der Waals surface area contributed by atoms with Crippen LogP contribution in [0.25, 0.3) is 10.8 Å². The number of hydrogen-bond donors (Lipinski definition) is 1. The van der Waals surface area contributed by atoms with E-state index in [-0.39, 0.29) is 5.78 Å². The summed E-state index contributed by atoms with van der Waals surface area (Å²) in [6.07, 6.45) is 1.47. The number of fused-ring (bicyclic) bond motifs is 1. The fourth-order valence-electron chi connectivity index (χ4n) is 2.38. The normalized spacial score (nSPS) is 15.5. The van der Waals surface area contributed by atoms with E-state index in [1.54, 1.807) is 0 Å². The van der Waals surface area contributed by atoms with Crippen LogP contribution in [0.3, 0.4) is 0 Å². The van der Waals surface area contributed by atoms with Crippen molar-refractivity contribution in [1.82, 2.24) is 0 Å². The molecule has 0 amide bonds. The first-order valence-electron chi connectivity index (χ1n) is 6.23. The van der Waals surface area contributed by atoms with E-state index in [0.717, 1.165) is 23.4 Å². The number of hydrogen-bond acceptors (Lipinski definition) is 2. The fourth-order valence-corrected chi connectivity index (χ4v) is 2.38. The molecule has 0 atom stereocenters. The zero-order valence-corrected chi connectivity index (χ0v) is 10.4. The molecule has 1 aliphatic rings. The van der Waals surface area contributed by atoms with Crippen molar-refractivity contribution >= 4 is 22.2 Å². The second-order valence-electron chi connectivity index (χ2n) is 4.71. The standard InChI is InChI=1S/C16H15NO/c1-11-15(8-9-16(11)18)17-14-7-6-12-4-2-3-5-13(12)10-14/h2-7,10,17H,8-9H2,1H3. The average molecular weight is 237 g/mol. The lowest BCUT2D eigenvalue weighted by atomic mass is 10.1. The van der Waals surface area contributed by atoms with Gasteiger partial charge in [0.15, 0.2) is 5.78 Å². The lowest BCUT2D eigenvalue weighted by Gasteiger charge is -2.09. The Morgan fingerprint density at radius 2 is 1.78 bits per heavy atom. The Morgan fingerprint density at radius 1 is 1.00 bits per heavy atom. The van der Waals surface area contributed by atoms with Crippen LogP contribution < -0.4 is 5.32 Å². The summed E-state index contributed by atoms with van der Waals surface area (Å²) >= 11 is 0. The van der Waals surface area contributed by atoms with E-state index in [0.29, 0.717) is 6.42 Å². The summed E-state index contributed by atoms with van der Waals surface area (Å²) in [6.45, 7) is 1.90. The van der Waals surface area contributed by atoms with Crippen LogP contribution in [-0.4, -0.2) is 5.78 Å². The van der Waals surface area contributed by atoms with E-state index < -0.39 is 0 Å². The zero-order valence-electron chi connectivity index (χ0n) is 10.4. The highest BCUT2D eigenvalue weighted by atomic mass is 16.1. The van der Waals surface area contributed by atoms with Crippen molar-refractivity contribution in [3.8, 4) is 0 Å². The molecule has 90 valence electrons. The number of allylic oxidation sites excluding steroid dienone is 2. The minimum atomic E-state index is 0.262. The Bertz CT molecular complexity index is 655. The van der Waals surface area contributed by atoms with Crippen LogP contribution >= 0.6 is 0 Å². The molecule has 3 rings (SSSR count). The van der Waals surface area contributed by atoms with Gasteiger partial charge in [0.1, 0.15) is 0 Å². The molecule has 1 aliphatic carbocycles. The maximum absolute atomic E-state index is 11.5. The molecule has 1 N–H and O–H groups in total. The fraction of sp³-hybridized carbons (Fsp3) is 0.188. The molecule has 2 heteroatoms. The Morgan fingerprint density at radius 3 is 2.50 bits per heavy atom. The molecule has 0 fully saturated rings. The largest absolute Gasteiger partial charge is 0.359 e. The molecule has 2 nitrogen and oxygen atoms in total. The van der Waals surface area contributed by atoms with Crippen LogP contribution in [0, 0.1) is 0 Å². The van der Waals surface area contributed by atoms with Gasteiger partial charge in [-0.2, -0.15) is 0 Å². The van der Waals surface area contributed by atoms with Gasteiger partial charge in [-0.05, 0) is 36.2 Å². The van der Waals surface area contributed by atoms with Crippen molar-refractivity contribution in [2.24, 2.45) is 0 Å². The minimum Gasteiger partial charge on any atom is -0.359 e. The topological polar surface area (TPSA) is 29.1 Å². The van der Waals surface area contributed by atoms with Gasteiger partial charge < -0.3 is 5.32 Å². The number of Topliss-reactive ketones (excluding diaryl/α,β-unsaturated/α-hetero) is 1. The van der Waals surface area contributed by atoms with E-state index in [9.17, 15) is 4.79 Å². The van der Waals surface area contributed by atoms with Crippen molar-refractivity contribution < 1.29 is 4.79 Å². The predicted molar refractivity (Wildman–Crippen MR) is 74.5 cm³/mol. The summed E-state index contributed by atoms with van der Waals surface area (Å²) in [6, 6.07) is 14.6. The van der Waals surface area contributed by atoms with Crippen LogP contribution in [0.5, 0.6) is 0 Å². The van der Waals surface area contributed by atoms with Gasteiger partial charge in [0.25, 0.3) is 0 Å². The van der Waals surface area contributed by atoms with E-state index in [2.05, 4.69) is 35.6 Å². The molecule has 0 aromatic heterocycles. The lowest BCUT2D eigenvalue weighted by Crippen LogP contribution is -1.99. The molecule has 0 radical (unpaired) electrons. The average Bonchev–Trinajstić information content (AvgIpc) is 2.71. The van der Waals surface area contributed by atoms with Gasteiger partial charge in [-0.15, -0.1) is 0 Å². The van der Waals surface area contributed by atoms with E-state index >= 15 is 0 Å². The summed E-state index contributed by atoms with van der Waals surface area (Å²) in [5.74, 6) is 0.262. The Hall–Kier alpha value is -2.09. The van der Waals surface area contributed by atoms with Gasteiger partial charge in [0, 0.05) is 23.4 Å². The number of benzene rings is 2. The molecular formula is C16H15NO. The monoisotopic (exact) mass is 237 g/mol. The molecule has 0 aliphatic heterocycles. The molecule has 2 aromatic rings. The van der Waals surface area contributed by atoms with Crippen molar-refractivity contribution in [2.45, 2.75) is 19.8 Å². The van der Waals surface area contributed by atoms with Crippen molar-refractivity contribution in [3.05, 3.63) is 53.7 Å². The zero-order chi connectivity index (χ0) is 12.5. The molecule has 0 unspecified atom stereocenters. The number of anilines is 1. The Labute approximate surface area is 106 Å². The van der Waals surface area contributed by atoms with Crippen molar-refractivity contribution in [3.63, 3.8) is 0 Å². The highest BCUT2D eigenvalue weighted by Crippen LogP contribution is 2.26. The quantitative estimate of drug-likeness (QED) is 0.858. The second-order valence-corrected chi connectivity index (χ2v) is 4.71. The number of rotatable bonds is 2. The number of carbonyl (C=O) groups is 1. The maximum atomic E-state index is 11.5. The Kier molecular flexibility index (Phi) is 2.63. The summed E-state index contributed by atoms with van der Waals surface area (Å²) in [7, 11) is 0. The third-order valence-corrected chi connectivity index (χ3v) is 3.52. The van der Waals surface area contributed by atoms with Gasteiger partial charge in [-0.25, -0.2) is 0 Å². The van der Waals surface area contributed by atoms with E-state index in [1.165, 1.54) is 10.8 Å². The molecule has 0 saturated heterocycles. The molecule has 18 heavy (non-hydrogen) atoms. The minimum absolute atomic E-state index is 0.262. The summed E-state index contributed by atoms with van der Waals surface area (Å²) in [5.41, 5.74) is 3.00. The van der Waals surface area contributed by atoms with Gasteiger partial charge in [-0.3, -0.25) is 4.79 Å². The number of carbonyl (C=O) groups excluding carboxylic acids is 1. The van der Waals surface area contributed by atoms with Gasteiger partial charge >= 0.3 is 0 Å². The van der Waals surface area contributed by atoms with Gasteiger partial charge in [-0.1, -0.05) is 30.3 Å². The van der Waals surface area contributed by atoms with Crippen LogP contribution in [0.4, 0.5) is 5.69 Å². The lowest BCUT2D eigenvalue weighted by molar-refractivity contribution is -0.114. The Balaban J connectivity index is 1.94. The van der Waals surface area contributed by atoms with E-state index in [4.69, 9.17) is 0 Å². The van der Waals surface area contributed by atoms with Crippen LogP contribution in [0.1, 0.15) is 19.8 Å². The van der Waals surface area contributed by atoms with Crippen LogP contribution in [0.2, 0.25) is 0 Å². The van der Waals surface area contributed by atoms with E-state index in [1.807, 2.05) is 19.1 Å². The number of ketones is 1. The van der Waals surface area contributed by atoms with Crippen LogP contribution in [-0.2, 0) is 4.79 Å². The molecule has 0 saturated carbocycles. The molecular weight excluding hydrogens is 222 g/mol. The third kappa shape index (κ3) is 1.90.